The van der Waals surface area contributed by atoms with Crippen molar-refractivity contribution in [3.8, 4) is 0 Å². The molecule has 0 fully saturated rings. The second-order valence-corrected chi connectivity index (χ2v) is 6.53. The molecule has 0 aromatic rings. The van der Waals surface area contributed by atoms with E-state index in [0.29, 0.717) is 5.25 Å². The second-order valence-electron chi connectivity index (χ2n) is 5.11. The van der Waals surface area contributed by atoms with Crippen LogP contribution in [-0.2, 0) is 0 Å². The smallest absolute Gasteiger partial charge is 0.156 e. The van der Waals surface area contributed by atoms with Gasteiger partial charge < -0.3 is 5.32 Å². The van der Waals surface area contributed by atoms with Gasteiger partial charge in [-0.05, 0) is 17.8 Å². The zero-order valence-corrected chi connectivity index (χ0v) is 11.4. The van der Waals surface area contributed by atoms with Crippen LogP contribution < -0.4 is 5.32 Å². The summed E-state index contributed by atoms with van der Waals surface area (Å²) in [5.41, 5.74) is 0. The topological polar surface area (TPSA) is 24.4 Å². The van der Waals surface area contributed by atoms with E-state index >= 15 is 0 Å². The monoisotopic (exact) mass is 228 g/mol. The van der Waals surface area contributed by atoms with Crippen molar-refractivity contribution in [2.24, 2.45) is 22.7 Å². The molecule has 0 aromatic carbocycles. The van der Waals surface area contributed by atoms with Crippen LogP contribution in [-0.4, -0.2) is 23.5 Å². The lowest BCUT2D eigenvalue weighted by atomic mass is 9.86. The highest BCUT2D eigenvalue weighted by molar-refractivity contribution is 8.14. The molecule has 0 bridgehead atoms. The van der Waals surface area contributed by atoms with Crippen molar-refractivity contribution in [3.63, 3.8) is 0 Å². The Balaban J connectivity index is 2.34. The Morgan fingerprint density at radius 1 is 1.33 bits per heavy atom. The van der Waals surface area contributed by atoms with Crippen molar-refractivity contribution < 1.29 is 0 Å². The maximum atomic E-state index is 4.48. The normalized spacial score (nSPS) is 21.6. The van der Waals surface area contributed by atoms with Crippen LogP contribution in [0.3, 0.4) is 0 Å². The molecular formula is C12H24N2S. The van der Waals surface area contributed by atoms with E-state index in [1.807, 2.05) is 11.8 Å². The Hall–Kier alpha value is -0.180. The van der Waals surface area contributed by atoms with Crippen molar-refractivity contribution in [2.75, 3.05) is 13.1 Å². The summed E-state index contributed by atoms with van der Waals surface area (Å²) in [6, 6.07) is 0. The predicted octanol–water partition coefficient (Wildman–Crippen LogP) is 3.00. The van der Waals surface area contributed by atoms with Gasteiger partial charge in [0, 0.05) is 11.8 Å². The van der Waals surface area contributed by atoms with E-state index < -0.39 is 0 Å². The number of nitrogens with one attached hydrogen (secondary N) is 1. The van der Waals surface area contributed by atoms with Crippen molar-refractivity contribution in [3.05, 3.63) is 0 Å². The van der Waals surface area contributed by atoms with Gasteiger partial charge in [-0.15, -0.1) is 0 Å². The Morgan fingerprint density at radius 3 is 2.33 bits per heavy atom. The molecule has 1 aliphatic heterocycles. The van der Waals surface area contributed by atoms with Gasteiger partial charge in [0.05, 0.1) is 6.54 Å². The van der Waals surface area contributed by atoms with Gasteiger partial charge in [0.25, 0.3) is 0 Å². The fraction of sp³-hybridized carbons (Fsp3) is 0.917. The van der Waals surface area contributed by atoms with Crippen LogP contribution >= 0.6 is 11.8 Å². The minimum Gasteiger partial charge on any atom is -0.365 e. The first-order chi connectivity index (χ1) is 7.00. The number of hydrogen-bond acceptors (Lipinski definition) is 3. The Kier molecular flexibility index (Phi) is 4.97. The largest absolute Gasteiger partial charge is 0.365 e. The van der Waals surface area contributed by atoms with Crippen LogP contribution in [0.25, 0.3) is 0 Å². The SMILES string of the molecule is CC1CN=C(NCC(C(C)C)C(C)C)S1. The molecule has 15 heavy (non-hydrogen) atoms. The van der Waals surface area contributed by atoms with E-state index in [-0.39, 0.29) is 0 Å². The maximum absolute atomic E-state index is 4.48. The third kappa shape index (κ3) is 4.06. The minimum absolute atomic E-state index is 0.657. The summed E-state index contributed by atoms with van der Waals surface area (Å²) < 4.78 is 0. The van der Waals surface area contributed by atoms with Gasteiger partial charge in [-0.1, -0.05) is 46.4 Å². The number of nitrogens with zero attached hydrogens (tertiary/aromatic N) is 1. The first-order valence-electron chi connectivity index (χ1n) is 5.95. The third-order valence-corrected chi connectivity index (χ3v) is 4.05. The molecule has 88 valence electrons. The van der Waals surface area contributed by atoms with E-state index in [1.165, 1.54) is 0 Å². The fourth-order valence-electron chi connectivity index (χ4n) is 2.02. The summed E-state index contributed by atoms with van der Waals surface area (Å²) in [7, 11) is 0. The lowest BCUT2D eigenvalue weighted by Gasteiger charge is -2.25. The van der Waals surface area contributed by atoms with Gasteiger partial charge >= 0.3 is 0 Å². The van der Waals surface area contributed by atoms with Crippen molar-refractivity contribution >= 4 is 16.9 Å². The molecule has 1 atom stereocenters. The van der Waals surface area contributed by atoms with Crippen LogP contribution in [0, 0.1) is 17.8 Å². The van der Waals surface area contributed by atoms with E-state index in [9.17, 15) is 0 Å². The highest BCUT2D eigenvalue weighted by Gasteiger charge is 2.20. The fourth-order valence-corrected chi connectivity index (χ4v) is 2.87. The molecule has 0 saturated heterocycles. The molecular weight excluding hydrogens is 204 g/mol. The molecule has 2 nitrogen and oxygen atoms in total. The predicted molar refractivity (Wildman–Crippen MR) is 70.5 cm³/mol. The molecule has 0 spiro atoms. The average molecular weight is 228 g/mol. The Morgan fingerprint density at radius 2 is 1.93 bits per heavy atom. The summed E-state index contributed by atoms with van der Waals surface area (Å²) in [5.74, 6) is 2.22. The van der Waals surface area contributed by atoms with Crippen LogP contribution in [0.15, 0.2) is 4.99 Å². The second kappa shape index (κ2) is 5.78. The van der Waals surface area contributed by atoms with Crippen LogP contribution in [0.2, 0.25) is 0 Å². The van der Waals surface area contributed by atoms with Crippen LogP contribution in [0.1, 0.15) is 34.6 Å². The number of hydrogen-bond donors (Lipinski definition) is 1. The Labute approximate surface area is 98.3 Å². The number of thioether (sulfide) groups is 1. The molecule has 1 N–H and O–H groups in total. The molecule has 3 heteroatoms. The molecule has 0 saturated carbocycles. The molecule has 1 heterocycles. The van der Waals surface area contributed by atoms with Crippen LogP contribution in [0.5, 0.6) is 0 Å². The summed E-state index contributed by atoms with van der Waals surface area (Å²) in [6.45, 7) is 13.5. The molecule has 1 rings (SSSR count). The summed E-state index contributed by atoms with van der Waals surface area (Å²) in [6.07, 6.45) is 0. The first-order valence-corrected chi connectivity index (χ1v) is 6.83. The summed E-state index contributed by atoms with van der Waals surface area (Å²) in [5, 5.41) is 5.29. The average Bonchev–Trinajstić information content (AvgIpc) is 2.50. The van der Waals surface area contributed by atoms with E-state index in [2.05, 4.69) is 44.9 Å². The highest BCUT2D eigenvalue weighted by atomic mass is 32.2. The minimum atomic E-state index is 0.657. The maximum Gasteiger partial charge on any atom is 0.156 e. The van der Waals surface area contributed by atoms with Gasteiger partial charge in [0.15, 0.2) is 5.17 Å². The molecule has 1 aliphatic rings. The standard InChI is InChI=1S/C12H24N2S/c1-8(2)11(9(3)4)7-14-12-13-6-10(5)15-12/h8-11H,6-7H2,1-5H3,(H,13,14). The number of rotatable bonds is 4. The Bertz CT molecular complexity index is 216. The third-order valence-electron chi connectivity index (χ3n) is 3.01. The number of amidine groups is 1. The number of aliphatic imine (C=N–C) groups is 1. The molecule has 0 aromatic heterocycles. The zero-order valence-electron chi connectivity index (χ0n) is 10.6. The quantitative estimate of drug-likeness (QED) is 0.800. The van der Waals surface area contributed by atoms with Gasteiger partial charge in [-0.3, -0.25) is 4.99 Å². The van der Waals surface area contributed by atoms with Gasteiger partial charge in [0.1, 0.15) is 0 Å². The van der Waals surface area contributed by atoms with Gasteiger partial charge in [0.2, 0.25) is 0 Å². The van der Waals surface area contributed by atoms with E-state index in [0.717, 1.165) is 36.0 Å². The van der Waals surface area contributed by atoms with Gasteiger partial charge in [-0.25, -0.2) is 0 Å². The lowest BCUT2D eigenvalue weighted by Crippen LogP contribution is -2.32. The lowest BCUT2D eigenvalue weighted by molar-refractivity contribution is 0.288. The summed E-state index contributed by atoms with van der Waals surface area (Å²) in [4.78, 5) is 4.48. The molecule has 0 aliphatic carbocycles. The first kappa shape index (κ1) is 12.9. The van der Waals surface area contributed by atoms with E-state index in [4.69, 9.17) is 0 Å². The van der Waals surface area contributed by atoms with E-state index in [1.54, 1.807) is 0 Å². The van der Waals surface area contributed by atoms with Crippen molar-refractivity contribution in [1.82, 2.24) is 5.32 Å². The molecule has 1 unspecified atom stereocenters. The van der Waals surface area contributed by atoms with Crippen molar-refractivity contribution in [2.45, 2.75) is 39.9 Å². The summed E-state index contributed by atoms with van der Waals surface area (Å²) >= 11 is 1.87. The molecule has 0 radical (unpaired) electrons. The highest BCUT2D eigenvalue weighted by Crippen LogP contribution is 2.22. The molecule has 0 amide bonds. The van der Waals surface area contributed by atoms with Crippen molar-refractivity contribution in [1.29, 1.82) is 0 Å². The van der Waals surface area contributed by atoms with Gasteiger partial charge in [-0.2, -0.15) is 0 Å². The zero-order chi connectivity index (χ0) is 11.4. The van der Waals surface area contributed by atoms with Crippen LogP contribution in [0.4, 0.5) is 0 Å².